The molecule has 3 aromatic rings. The number of ether oxygens (including phenoxy) is 1. The van der Waals surface area contributed by atoms with Crippen molar-refractivity contribution < 1.29 is 9.84 Å². The Kier molecular flexibility index (Phi) is 7.66. The molecule has 5 nitrogen and oxygen atoms in total. The van der Waals surface area contributed by atoms with Gasteiger partial charge in [-0.25, -0.2) is 4.68 Å². The van der Waals surface area contributed by atoms with Crippen LogP contribution in [0.2, 0.25) is 0 Å². The van der Waals surface area contributed by atoms with Crippen LogP contribution in [-0.4, -0.2) is 39.0 Å². The number of aliphatic hydroxyl groups excluding tert-OH is 1. The SMILES string of the molecule is CCCN(Cc1c(C)nn(-c2ccccc2)c1Oc1cccc(C)c1)C[C@H](O)CC. The Morgan fingerprint density at radius 2 is 1.83 bits per heavy atom. The molecule has 5 heteroatoms. The van der Waals surface area contributed by atoms with E-state index < -0.39 is 0 Å². The summed E-state index contributed by atoms with van der Waals surface area (Å²) in [6.07, 6.45) is 1.44. The lowest BCUT2D eigenvalue weighted by atomic mass is 10.2. The largest absolute Gasteiger partial charge is 0.439 e. The number of aromatic nitrogens is 2. The van der Waals surface area contributed by atoms with E-state index in [4.69, 9.17) is 9.84 Å². The number of aliphatic hydroxyl groups is 1. The molecule has 3 rings (SSSR count). The van der Waals surface area contributed by atoms with Gasteiger partial charge in [-0.15, -0.1) is 0 Å². The van der Waals surface area contributed by atoms with Crippen molar-refractivity contribution in [2.24, 2.45) is 0 Å². The van der Waals surface area contributed by atoms with Gasteiger partial charge in [-0.1, -0.05) is 44.2 Å². The van der Waals surface area contributed by atoms with E-state index in [1.54, 1.807) is 0 Å². The normalized spacial score (nSPS) is 12.3. The Morgan fingerprint density at radius 3 is 2.50 bits per heavy atom. The summed E-state index contributed by atoms with van der Waals surface area (Å²) in [5.41, 5.74) is 4.10. The summed E-state index contributed by atoms with van der Waals surface area (Å²) in [5.74, 6) is 1.53. The Labute approximate surface area is 179 Å². The summed E-state index contributed by atoms with van der Waals surface area (Å²) in [5, 5.41) is 15.0. The van der Waals surface area contributed by atoms with E-state index in [1.807, 2.05) is 67.1 Å². The highest BCUT2D eigenvalue weighted by molar-refractivity contribution is 5.43. The summed E-state index contributed by atoms with van der Waals surface area (Å²) in [6, 6.07) is 18.1. The molecule has 2 aromatic carbocycles. The van der Waals surface area contributed by atoms with Crippen LogP contribution in [0.25, 0.3) is 5.69 Å². The predicted molar refractivity (Wildman–Crippen MR) is 121 cm³/mol. The first-order valence-corrected chi connectivity index (χ1v) is 10.8. The van der Waals surface area contributed by atoms with Gasteiger partial charge in [-0.05, 0) is 63.1 Å². The molecule has 0 fully saturated rings. The van der Waals surface area contributed by atoms with Crippen LogP contribution < -0.4 is 4.74 Å². The van der Waals surface area contributed by atoms with E-state index in [9.17, 15) is 5.11 Å². The van der Waals surface area contributed by atoms with Crippen molar-refractivity contribution in [2.45, 2.75) is 53.2 Å². The maximum absolute atomic E-state index is 10.2. The molecule has 1 atom stereocenters. The molecule has 1 aromatic heterocycles. The fourth-order valence-corrected chi connectivity index (χ4v) is 3.56. The van der Waals surface area contributed by atoms with Crippen molar-refractivity contribution >= 4 is 0 Å². The fraction of sp³-hybridized carbons (Fsp3) is 0.400. The van der Waals surface area contributed by atoms with Gasteiger partial charge in [-0.2, -0.15) is 5.10 Å². The van der Waals surface area contributed by atoms with E-state index >= 15 is 0 Å². The van der Waals surface area contributed by atoms with E-state index in [0.29, 0.717) is 13.1 Å². The second-order valence-electron chi connectivity index (χ2n) is 7.83. The standard InChI is InChI=1S/C25H33N3O2/c1-5-15-27(17-22(29)6-2)18-24-20(4)26-28(21-12-8-7-9-13-21)25(24)30-23-14-10-11-19(3)16-23/h7-14,16,22,29H,5-6,15,17-18H2,1-4H3/t22-/m1/s1. The van der Waals surface area contributed by atoms with Crippen LogP contribution in [0.4, 0.5) is 0 Å². The van der Waals surface area contributed by atoms with Crippen LogP contribution in [0.15, 0.2) is 54.6 Å². The zero-order valence-corrected chi connectivity index (χ0v) is 18.5. The smallest absolute Gasteiger partial charge is 0.227 e. The second kappa shape index (κ2) is 10.4. The minimum Gasteiger partial charge on any atom is -0.439 e. The molecule has 0 aliphatic rings. The Balaban J connectivity index is 2.01. The lowest BCUT2D eigenvalue weighted by Crippen LogP contribution is -2.32. The summed E-state index contributed by atoms with van der Waals surface area (Å²) in [4.78, 5) is 2.29. The molecule has 0 saturated carbocycles. The monoisotopic (exact) mass is 407 g/mol. The van der Waals surface area contributed by atoms with Crippen LogP contribution in [0.1, 0.15) is 43.5 Å². The van der Waals surface area contributed by atoms with Gasteiger partial charge in [0.25, 0.3) is 0 Å². The molecule has 0 aliphatic heterocycles. The van der Waals surface area contributed by atoms with E-state index in [-0.39, 0.29) is 6.10 Å². The highest BCUT2D eigenvalue weighted by Gasteiger charge is 2.22. The predicted octanol–water partition coefficient (Wildman–Crippen LogP) is 5.26. The second-order valence-corrected chi connectivity index (χ2v) is 7.83. The molecular weight excluding hydrogens is 374 g/mol. The number of rotatable bonds is 10. The number of hydrogen-bond acceptors (Lipinski definition) is 4. The summed E-state index contributed by atoms with van der Waals surface area (Å²) in [6.45, 7) is 10.5. The van der Waals surface area contributed by atoms with Crippen molar-refractivity contribution in [3.63, 3.8) is 0 Å². The molecule has 0 saturated heterocycles. The summed E-state index contributed by atoms with van der Waals surface area (Å²) >= 11 is 0. The molecular formula is C25H33N3O2. The number of para-hydroxylation sites is 1. The van der Waals surface area contributed by atoms with E-state index in [1.165, 1.54) is 0 Å². The lowest BCUT2D eigenvalue weighted by molar-refractivity contribution is 0.105. The molecule has 0 bridgehead atoms. The molecule has 0 spiro atoms. The fourth-order valence-electron chi connectivity index (χ4n) is 3.56. The van der Waals surface area contributed by atoms with Crippen LogP contribution in [0, 0.1) is 13.8 Å². The first kappa shape index (κ1) is 22.1. The molecule has 1 N–H and O–H groups in total. The first-order chi connectivity index (χ1) is 14.5. The van der Waals surface area contributed by atoms with Gasteiger partial charge in [0.1, 0.15) is 5.75 Å². The van der Waals surface area contributed by atoms with Crippen molar-refractivity contribution in [1.82, 2.24) is 14.7 Å². The lowest BCUT2D eigenvalue weighted by Gasteiger charge is -2.24. The topological polar surface area (TPSA) is 50.5 Å². The molecule has 0 aliphatic carbocycles. The maximum atomic E-state index is 10.2. The van der Waals surface area contributed by atoms with Gasteiger partial charge in [0.2, 0.25) is 5.88 Å². The quantitative estimate of drug-likeness (QED) is 0.498. The van der Waals surface area contributed by atoms with Crippen molar-refractivity contribution in [3.05, 3.63) is 71.4 Å². The molecule has 0 amide bonds. The Hall–Kier alpha value is -2.63. The van der Waals surface area contributed by atoms with Crippen molar-refractivity contribution in [2.75, 3.05) is 13.1 Å². The van der Waals surface area contributed by atoms with Crippen LogP contribution in [0.5, 0.6) is 11.6 Å². The Morgan fingerprint density at radius 1 is 1.07 bits per heavy atom. The number of benzene rings is 2. The Bertz CT molecular complexity index is 937. The maximum Gasteiger partial charge on any atom is 0.227 e. The molecule has 1 heterocycles. The van der Waals surface area contributed by atoms with Gasteiger partial charge in [0, 0.05) is 13.1 Å². The molecule has 160 valence electrons. The third-order valence-corrected chi connectivity index (χ3v) is 5.20. The minimum absolute atomic E-state index is 0.331. The van der Waals surface area contributed by atoms with E-state index in [2.05, 4.69) is 24.8 Å². The van der Waals surface area contributed by atoms with Gasteiger partial charge >= 0.3 is 0 Å². The van der Waals surface area contributed by atoms with Crippen molar-refractivity contribution in [1.29, 1.82) is 0 Å². The number of hydrogen-bond donors (Lipinski definition) is 1. The van der Waals surface area contributed by atoms with E-state index in [0.717, 1.165) is 53.5 Å². The van der Waals surface area contributed by atoms with Gasteiger partial charge in [-0.3, -0.25) is 4.90 Å². The number of nitrogens with zero attached hydrogens (tertiary/aromatic N) is 3. The van der Waals surface area contributed by atoms with Crippen LogP contribution in [0.3, 0.4) is 0 Å². The zero-order valence-electron chi connectivity index (χ0n) is 18.5. The third kappa shape index (κ3) is 5.49. The first-order valence-electron chi connectivity index (χ1n) is 10.8. The molecule has 30 heavy (non-hydrogen) atoms. The average Bonchev–Trinajstić information content (AvgIpc) is 3.04. The van der Waals surface area contributed by atoms with Gasteiger partial charge in [0.05, 0.1) is 23.0 Å². The average molecular weight is 408 g/mol. The van der Waals surface area contributed by atoms with Crippen molar-refractivity contribution in [3.8, 4) is 17.3 Å². The summed E-state index contributed by atoms with van der Waals surface area (Å²) < 4.78 is 8.30. The highest BCUT2D eigenvalue weighted by atomic mass is 16.5. The third-order valence-electron chi connectivity index (χ3n) is 5.20. The zero-order chi connectivity index (χ0) is 21.5. The molecule has 0 radical (unpaired) electrons. The highest BCUT2D eigenvalue weighted by Crippen LogP contribution is 2.32. The van der Waals surface area contributed by atoms with Gasteiger partial charge in [0.15, 0.2) is 0 Å². The molecule has 0 unspecified atom stereocenters. The van der Waals surface area contributed by atoms with Crippen LogP contribution in [-0.2, 0) is 6.54 Å². The minimum atomic E-state index is -0.331. The summed E-state index contributed by atoms with van der Waals surface area (Å²) in [7, 11) is 0. The number of aryl methyl sites for hydroxylation is 2. The van der Waals surface area contributed by atoms with Crippen LogP contribution >= 0.6 is 0 Å². The van der Waals surface area contributed by atoms with Gasteiger partial charge < -0.3 is 9.84 Å².